The summed E-state index contributed by atoms with van der Waals surface area (Å²) in [7, 11) is 0. The Labute approximate surface area is 234 Å². The molecule has 2 N–H and O–H groups in total. The number of fused-ring (bicyclic) bond motifs is 1. The number of nitrogens with zero attached hydrogens (tertiary/aromatic N) is 5. The highest BCUT2D eigenvalue weighted by Gasteiger charge is 2.59. The highest BCUT2D eigenvalue weighted by atomic mass is 32.1. The molecule has 12 heteroatoms. The number of carbonyl (C=O) groups is 1. The summed E-state index contributed by atoms with van der Waals surface area (Å²) in [5.41, 5.74) is 0.179. The molecule has 1 aromatic heterocycles. The maximum atomic E-state index is 15.5. The van der Waals surface area contributed by atoms with Crippen molar-refractivity contribution in [2.45, 2.75) is 57.7 Å². The molecule has 0 unspecified atom stereocenters. The van der Waals surface area contributed by atoms with E-state index in [9.17, 15) is 19.6 Å². The molecule has 0 saturated carbocycles. The third kappa shape index (κ3) is 5.25. The van der Waals surface area contributed by atoms with Crippen molar-refractivity contribution in [2.24, 2.45) is 10.4 Å². The van der Waals surface area contributed by atoms with Gasteiger partial charge in [0.05, 0.1) is 29.6 Å². The molecule has 0 amide bonds. The van der Waals surface area contributed by atoms with Crippen LogP contribution in [0.3, 0.4) is 0 Å². The van der Waals surface area contributed by atoms with Crippen LogP contribution in [0.2, 0.25) is 0 Å². The number of hydrogen-bond acceptors (Lipinski definition) is 8. The average molecular weight is 573 g/mol. The number of aromatic nitrogens is 1. The number of aliphatic imine (C=N–C) groups is 1. The van der Waals surface area contributed by atoms with Gasteiger partial charge < -0.3 is 10.4 Å². The number of benzene rings is 1. The van der Waals surface area contributed by atoms with Crippen molar-refractivity contribution in [3.05, 3.63) is 63.0 Å². The van der Waals surface area contributed by atoms with E-state index in [1.54, 1.807) is 48.2 Å². The number of likely N-dealkylation sites (tertiary alicyclic amines) is 2. The van der Waals surface area contributed by atoms with Gasteiger partial charge in [0.1, 0.15) is 11.9 Å². The topological polar surface area (TPSA) is 105 Å². The van der Waals surface area contributed by atoms with Crippen LogP contribution in [-0.2, 0) is 4.79 Å². The van der Waals surface area contributed by atoms with Crippen molar-refractivity contribution in [1.29, 1.82) is 5.26 Å². The van der Waals surface area contributed by atoms with Crippen LogP contribution in [0.15, 0.2) is 46.0 Å². The zero-order valence-corrected chi connectivity index (χ0v) is 23.3. The first-order valence-electron chi connectivity index (χ1n) is 13.1. The molecule has 0 aliphatic carbocycles. The third-order valence-electron chi connectivity index (χ3n) is 8.07. The van der Waals surface area contributed by atoms with Gasteiger partial charge in [-0.3, -0.25) is 14.8 Å². The van der Waals surface area contributed by atoms with Gasteiger partial charge in [-0.25, -0.2) is 22.9 Å². The van der Waals surface area contributed by atoms with Gasteiger partial charge in [-0.1, -0.05) is 12.1 Å². The zero-order chi connectivity index (χ0) is 28.8. The summed E-state index contributed by atoms with van der Waals surface area (Å²) < 4.78 is 45.5. The average Bonchev–Trinajstić information content (AvgIpc) is 3.63. The predicted octanol–water partition coefficient (Wildman–Crippen LogP) is 4.35. The summed E-state index contributed by atoms with van der Waals surface area (Å²) in [6.07, 6.45) is 2.57. The van der Waals surface area contributed by atoms with Gasteiger partial charge in [0.25, 0.3) is 5.92 Å². The molecular weight excluding hydrogens is 541 g/mol. The molecule has 0 spiro atoms. The van der Waals surface area contributed by atoms with Crippen molar-refractivity contribution in [3.63, 3.8) is 0 Å². The van der Waals surface area contributed by atoms with Gasteiger partial charge in [0.2, 0.25) is 0 Å². The molecule has 4 heterocycles. The second kappa shape index (κ2) is 10.6. The quantitative estimate of drug-likeness (QED) is 0.485. The number of thiazole rings is 1. The second-order valence-electron chi connectivity index (χ2n) is 11.2. The maximum Gasteiger partial charge on any atom is 0.335 e. The zero-order valence-electron chi connectivity index (χ0n) is 22.5. The lowest BCUT2D eigenvalue weighted by atomic mass is 9.91. The first kappa shape index (κ1) is 28.3. The van der Waals surface area contributed by atoms with E-state index in [-0.39, 0.29) is 23.4 Å². The van der Waals surface area contributed by atoms with Crippen LogP contribution >= 0.6 is 11.3 Å². The minimum Gasteiger partial charge on any atom is -0.478 e. The fourth-order valence-corrected chi connectivity index (χ4v) is 6.51. The number of aliphatic carboxylic acids is 1. The van der Waals surface area contributed by atoms with E-state index in [2.05, 4.69) is 21.4 Å². The van der Waals surface area contributed by atoms with Crippen LogP contribution in [0.5, 0.6) is 0 Å². The van der Waals surface area contributed by atoms with Crippen LogP contribution in [0.1, 0.15) is 48.9 Å². The van der Waals surface area contributed by atoms with Crippen molar-refractivity contribution in [3.8, 4) is 6.07 Å². The smallest absolute Gasteiger partial charge is 0.335 e. The molecule has 2 fully saturated rings. The molecular formula is C28H31F3N6O2S. The summed E-state index contributed by atoms with van der Waals surface area (Å²) >= 11 is 1.30. The van der Waals surface area contributed by atoms with E-state index < -0.39 is 47.8 Å². The van der Waals surface area contributed by atoms with Gasteiger partial charge in [-0.15, -0.1) is 11.3 Å². The van der Waals surface area contributed by atoms with Crippen LogP contribution in [0, 0.1) is 29.5 Å². The van der Waals surface area contributed by atoms with Gasteiger partial charge in [0, 0.05) is 43.0 Å². The monoisotopic (exact) mass is 572 g/mol. The molecule has 2 aromatic rings. The van der Waals surface area contributed by atoms with Gasteiger partial charge in [-0.05, 0) is 50.8 Å². The summed E-state index contributed by atoms with van der Waals surface area (Å²) in [5.74, 6) is -4.44. The van der Waals surface area contributed by atoms with E-state index in [0.29, 0.717) is 42.3 Å². The molecule has 212 valence electrons. The van der Waals surface area contributed by atoms with Crippen molar-refractivity contribution in [2.75, 3.05) is 26.2 Å². The third-order valence-corrected chi connectivity index (χ3v) is 8.85. The Morgan fingerprint density at radius 3 is 2.80 bits per heavy atom. The molecule has 3 aliphatic heterocycles. The molecule has 0 radical (unpaired) electrons. The van der Waals surface area contributed by atoms with Gasteiger partial charge in [-0.2, -0.15) is 5.26 Å². The minimum atomic E-state index is -3.01. The summed E-state index contributed by atoms with van der Waals surface area (Å²) in [5, 5.41) is 25.0. The van der Waals surface area contributed by atoms with Gasteiger partial charge in [0.15, 0.2) is 10.8 Å². The Kier molecular flexibility index (Phi) is 7.50. The Hall–Kier alpha value is -3.27. The van der Waals surface area contributed by atoms with Crippen LogP contribution < -0.4 is 5.32 Å². The highest BCUT2D eigenvalue weighted by Crippen LogP contribution is 2.43. The number of rotatable bonds is 8. The second-order valence-corrected chi connectivity index (χ2v) is 12.1. The summed E-state index contributed by atoms with van der Waals surface area (Å²) in [6, 6.07) is 4.12. The van der Waals surface area contributed by atoms with Crippen LogP contribution in [-0.4, -0.2) is 75.9 Å². The lowest BCUT2D eigenvalue weighted by molar-refractivity contribution is -0.133. The minimum absolute atomic E-state index is 0.0643. The van der Waals surface area contributed by atoms with E-state index in [4.69, 9.17) is 0 Å². The van der Waals surface area contributed by atoms with Crippen molar-refractivity contribution >= 4 is 23.1 Å². The number of carboxylic acid groups (broad SMARTS) is 1. The van der Waals surface area contributed by atoms with Crippen LogP contribution in [0.4, 0.5) is 13.2 Å². The normalized spacial score (nSPS) is 24.9. The number of nitriles is 1. The van der Waals surface area contributed by atoms with Crippen molar-refractivity contribution < 1.29 is 23.1 Å². The highest BCUT2D eigenvalue weighted by molar-refractivity contribution is 7.11. The van der Waals surface area contributed by atoms with E-state index >= 15 is 8.78 Å². The lowest BCUT2D eigenvalue weighted by Gasteiger charge is -2.31. The summed E-state index contributed by atoms with van der Waals surface area (Å²) in [4.78, 5) is 25.0. The predicted molar refractivity (Wildman–Crippen MR) is 145 cm³/mol. The number of amidine groups is 1. The number of alkyl halides is 2. The molecule has 40 heavy (non-hydrogen) atoms. The molecule has 5 rings (SSSR count). The van der Waals surface area contributed by atoms with E-state index in [1.165, 1.54) is 23.5 Å². The Balaban J connectivity index is 1.49. The number of halogens is 3. The van der Waals surface area contributed by atoms with Gasteiger partial charge >= 0.3 is 5.97 Å². The SMILES string of the molecule is Cc1c(F)cccc1[C@@H]1N=C(c2nccs2)NC(CN2CC(F)(F)[C@H]3[C@@H]2CCN3CCC(C)(C)C#N)=C1C(=O)O. The number of nitrogens with one attached hydrogen (secondary N) is 1. The molecule has 0 bridgehead atoms. The molecule has 3 atom stereocenters. The van der Waals surface area contributed by atoms with E-state index in [0.717, 1.165) is 0 Å². The largest absolute Gasteiger partial charge is 0.478 e. The molecule has 3 aliphatic rings. The van der Waals surface area contributed by atoms with E-state index in [1.807, 2.05) is 0 Å². The lowest BCUT2D eigenvalue weighted by Crippen LogP contribution is -2.46. The molecule has 1 aromatic carbocycles. The summed E-state index contributed by atoms with van der Waals surface area (Å²) in [6.45, 7) is 5.43. The first-order valence-corrected chi connectivity index (χ1v) is 14.0. The Bertz CT molecular complexity index is 1400. The Morgan fingerprint density at radius 1 is 1.35 bits per heavy atom. The van der Waals surface area contributed by atoms with Crippen molar-refractivity contribution in [1.82, 2.24) is 20.1 Å². The number of hydrogen-bond donors (Lipinski definition) is 2. The molecule has 2 saturated heterocycles. The molecule has 8 nitrogen and oxygen atoms in total. The fraction of sp³-hybridized carbons (Fsp3) is 0.500. The maximum absolute atomic E-state index is 15.5. The standard InChI is InChI=1S/C28H31F3N6O2S/c1-16-17(5-4-6-18(16)29)22-21(26(38)39)19(34-24(35-22)25-33-9-12-40-25)13-37-15-28(30,31)23-20(37)7-10-36(23)11-8-27(2,3)14-32/h4-6,9,12,20,22-23H,7-8,10-11,13,15H2,1-3H3,(H,34,35)(H,38,39)/t20-,22-,23+/m0/s1. The Morgan fingerprint density at radius 2 is 2.12 bits per heavy atom. The first-order chi connectivity index (χ1) is 18.9. The van der Waals surface area contributed by atoms with Crippen LogP contribution in [0.25, 0.3) is 0 Å². The number of carboxylic acids is 1. The fourth-order valence-electron chi connectivity index (χ4n) is 5.92.